The van der Waals surface area contributed by atoms with E-state index in [-0.39, 0.29) is 5.41 Å². The van der Waals surface area contributed by atoms with Crippen LogP contribution in [0.2, 0.25) is 0 Å². The van der Waals surface area contributed by atoms with Crippen molar-refractivity contribution < 1.29 is 4.74 Å². The van der Waals surface area contributed by atoms with E-state index in [2.05, 4.69) is 37.9 Å². The highest BCUT2D eigenvalue weighted by molar-refractivity contribution is 5.45. The van der Waals surface area contributed by atoms with Gasteiger partial charge >= 0.3 is 0 Å². The van der Waals surface area contributed by atoms with Crippen LogP contribution in [0.3, 0.4) is 0 Å². The number of nitrogens with zero attached hydrogens (tertiary/aromatic N) is 1. The third-order valence-corrected chi connectivity index (χ3v) is 2.92. The van der Waals surface area contributed by atoms with Gasteiger partial charge in [-0.25, -0.2) is 4.98 Å². The molecule has 1 aromatic heterocycles. The van der Waals surface area contributed by atoms with Crippen molar-refractivity contribution in [2.75, 3.05) is 5.73 Å². The zero-order valence-corrected chi connectivity index (χ0v) is 11.9. The fourth-order valence-corrected chi connectivity index (χ4v) is 1.93. The van der Waals surface area contributed by atoms with E-state index in [1.54, 1.807) is 18.3 Å². The Morgan fingerprint density at radius 1 is 1.11 bits per heavy atom. The van der Waals surface area contributed by atoms with Crippen molar-refractivity contribution in [3.63, 3.8) is 0 Å². The van der Waals surface area contributed by atoms with Crippen LogP contribution in [0.4, 0.5) is 5.69 Å². The van der Waals surface area contributed by atoms with E-state index in [9.17, 15) is 0 Å². The van der Waals surface area contributed by atoms with Crippen LogP contribution in [0.5, 0.6) is 11.6 Å². The molecule has 0 bridgehead atoms. The highest BCUT2D eigenvalue weighted by Crippen LogP contribution is 2.34. The van der Waals surface area contributed by atoms with E-state index in [0.717, 1.165) is 16.9 Å². The molecule has 19 heavy (non-hydrogen) atoms. The number of nitrogen functional groups attached to an aromatic ring is 1. The highest BCUT2D eigenvalue weighted by atomic mass is 16.5. The van der Waals surface area contributed by atoms with Crippen molar-refractivity contribution in [1.82, 2.24) is 4.98 Å². The summed E-state index contributed by atoms with van der Waals surface area (Å²) in [6, 6.07) is 9.71. The number of rotatable bonds is 2. The van der Waals surface area contributed by atoms with Gasteiger partial charge in [0.2, 0.25) is 5.88 Å². The van der Waals surface area contributed by atoms with Crippen LogP contribution >= 0.6 is 0 Å². The molecule has 2 N–H and O–H groups in total. The average molecular weight is 256 g/mol. The van der Waals surface area contributed by atoms with Gasteiger partial charge < -0.3 is 10.5 Å². The summed E-state index contributed by atoms with van der Waals surface area (Å²) in [6.07, 6.45) is 1.65. The second-order valence-electron chi connectivity index (χ2n) is 5.78. The van der Waals surface area contributed by atoms with Gasteiger partial charge in [0, 0.05) is 23.5 Å². The highest BCUT2D eigenvalue weighted by Gasteiger charge is 2.19. The molecule has 0 aliphatic heterocycles. The van der Waals surface area contributed by atoms with Gasteiger partial charge in [0.1, 0.15) is 5.75 Å². The summed E-state index contributed by atoms with van der Waals surface area (Å²) in [7, 11) is 0. The summed E-state index contributed by atoms with van der Waals surface area (Å²) in [4.78, 5) is 4.19. The Bertz CT molecular complexity index is 586. The van der Waals surface area contributed by atoms with Crippen LogP contribution in [-0.4, -0.2) is 4.98 Å². The third-order valence-electron chi connectivity index (χ3n) is 2.92. The molecular weight excluding hydrogens is 236 g/mol. The molecule has 3 heteroatoms. The summed E-state index contributed by atoms with van der Waals surface area (Å²) < 4.78 is 5.91. The minimum atomic E-state index is 0.0172. The van der Waals surface area contributed by atoms with Crippen LogP contribution in [0.1, 0.15) is 31.9 Å². The molecule has 0 aliphatic rings. The first kappa shape index (κ1) is 13.4. The smallest absolute Gasteiger partial charge is 0.221 e. The second kappa shape index (κ2) is 4.92. The molecule has 0 aliphatic carbocycles. The number of hydrogen-bond acceptors (Lipinski definition) is 3. The Labute approximate surface area is 114 Å². The second-order valence-corrected chi connectivity index (χ2v) is 5.78. The molecule has 0 radical (unpaired) electrons. The Morgan fingerprint density at radius 3 is 2.47 bits per heavy atom. The van der Waals surface area contributed by atoms with Gasteiger partial charge in [0.15, 0.2) is 0 Å². The summed E-state index contributed by atoms with van der Waals surface area (Å²) >= 11 is 0. The molecule has 2 aromatic rings. The molecule has 2 rings (SSSR count). The minimum absolute atomic E-state index is 0.0172. The van der Waals surface area contributed by atoms with Crippen molar-refractivity contribution in [2.24, 2.45) is 0 Å². The number of benzene rings is 1. The molecule has 0 unspecified atom stereocenters. The molecule has 0 atom stereocenters. The number of hydrogen-bond donors (Lipinski definition) is 1. The van der Waals surface area contributed by atoms with Crippen molar-refractivity contribution in [3.8, 4) is 11.6 Å². The third kappa shape index (κ3) is 3.25. The van der Waals surface area contributed by atoms with Gasteiger partial charge in [-0.15, -0.1) is 0 Å². The zero-order valence-electron chi connectivity index (χ0n) is 11.9. The van der Waals surface area contributed by atoms with E-state index >= 15 is 0 Å². The minimum Gasteiger partial charge on any atom is -0.439 e. The number of anilines is 1. The molecule has 100 valence electrons. The number of nitrogens with two attached hydrogens (primary N) is 1. The molecule has 0 saturated heterocycles. The number of ether oxygens (including phenoxy) is 1. The number of pyridine rings is 1. The lowest BCUT2D eigenvalue weighted by atomic mass is 9.86. The predicted octanol–water partition coefficient (Wildman–Crippen LogP) is 4.06. The molecule has 1 aromatic carbocycles. The van der Waals surface area contributed by atoms with Gasteiger partial charge in [-0.1, -0.05) is 32.9 Å². The normalized spacial score (nSPS) is 11.4. The first-order valence-corrected chi connectivity index (χ1v) is 6.37. The lowest BCUT2D eigenvalue weighted by Crippen LogP contribution is -2.12. The lowest BCUT2D eigenvalue weighted by Gasteiger charge is -2.22. The quantitative estimate of drug-likeness (QED) is 0.881. The summed E-state index contributed by atoms with van der Waals surface area (Å²) in [5.74, 6) is 1.36. The van der Waals surface area contributed by atoms with Gasteiger partial charge in [0.05, 0.1) is 0 Å². The fraction of sp³-hybridized carbons (Fsp3) is 0.312. The molecule has 0 amide bonds. The van der Waals surface area contributed by atoms with Crippen molar-refractivity contribution >= 4 is 5.69 Å². The van der Waals surface area contributed by atoms with E-state index in [1.165, 1.54) is 0 Å². The summed E-state index contributed by atoms with van der Waals surface area (Å²) in [5.41, 5.74) is 8.73. The zero-order chi connectivity index (χ0) is 14.0. The van der Waals surface area contributed by atoms with Crippen molar-refractivity contribution in [1.29, 1.82) is 0 Å². The van der Waals surface area contributed by atoms with Crippen LogP contribution in [0.15, 0.2) is 36.5 Å². The lowest BCUT2D eigenvalue weighted by molar-refractivity contribution is 0.440. The maximum atomic E-state index is 5.91. The largest absolute Gasteiger partial charge is 0.439 e. The molecule has 0 fully saturated rings. The molecule has 0 saturated carbocycles. The molecule has 3 nitrogen and oxygen atoms in total. The Morgan fingerprint density at radius 2 is 1.84 bits per heavy atom. The summed E-state index contributed by atoms with van der Waals surface area (Å²) in [5, 5.41) is 0. The SMILES string of the molecule is Cc1ccc(C(C)(C)C)c(Oc2cc(N)ccn2)c1. The fourth-order valence-electron chi connectivity index (χ4n) is 1.93. The van der Waals surface area contributed by atoms with E-state index in [4.69, 9.17) is 10.5 Å². The number of aryl methyl sites for hydroxylation is 1. The molecule has 1 heterocycles. The monoisotopic (exact) mass is 256 g/mol. The molecular formula is C16H20N2O. The summed E-state index contributed by atoms with van der Waals surface area (Å²) in [6.45, 7) is 8.54. The van der Waals surface area contributed by atoms with Gasteiger partial charge in [0.25, 0.3) is 0 Å². The average Bonchev–Trinajstić information content (AvgIpc) is 2.27. The maximum absolute atomic E-state index is 5.91. The van der Waals surface area contributed by atoms with E-state index < -0.39 is 0 Å². The first-order valence-electron chi connectivity index (χ1n) is 6.37. The van der Waals surface area contributed by atoms with Crippen molar-refractivity contribution in [3.05, 3.63) is 47.7 Å². The van der Waals surface area contributed by atoms with Crippen LogP contribution in [-0.2, 0) is 5.41 Å². The standard InChI is InChI=1S/C16H20N2O/c1-11-5-6-13(16(2,3)4)14(9-11)19-15-10-12(17)7-8-18-15/h5-10H,1-4H3,(H2,17,18). The van der Waals surface area contributed by atoms with E-state index in [1.807, 2.05) is 13.0 Å². The predicted molar refractivity (Wildman–Crippen MR) is 78.6 cm³/mol. The van der Waals surface area contributed by atoms with Crippen LogP contribution in [0.25, 0.3) is 0 Å². The maximum Gasteiger partial charge on any atom is 0.221 e. The van der Waals surface area contributed by atoms with Crippen LogP contribution < -0.4 is 10.5 Å². The number of aromatic nitrogens is 1. The van der Waals surface area contributed by atoms with Gasteiger partial charge in [-0.3, -0.25) is 0 Å². The van der Waals surface area contributed by atoms with Crippen LogP contribution in [0, 0.1) is 6.92 Å². The Kier molecular flexibility index (Phi) is 3.47. The topological polar surface area (TPSA) is 48.1 Å². The molecule has 0 spiro atoms. The van der Waals surface area contributed by atoms with E-state index in [0.29, 0.717) is 11.6 Å². The Balaban J connectivity index is 2.41. The Hall–Kier alpha value is -2.03. The first-order chi connectivity index (χ1) is 8.86. The van der Waals surface area contributed by atoms with Gasteiger partial charge in [-0.05, 0) is 30.0 Å². The van der Waals surface area contributed by atoms with Gasteiger partial charge in [-0.2, -0.15) is 0 Å². The van der Waals surface area contributed by atoms with Crippen molar-refractivity contribution in [2.45, 2.75) is 33.1 Å².